The molecule has 5 rings (SSSR count). The van der Waals surface area contributed by atoms with Crippen LogP contribution in [0.4, 0.5) is 22.7 Å². The monoisotopic (exact) mass is 482 g/mol. The Bertz CT molecular complexity index is 1340. The molecule has 0 aromatic heterocycles. The minimum absolute atomic E-state index is 0.184. The molecule has 3 aromatic carbocycles. The summed E-state index contributed by atoms with van der Waals surface area (Å²) in [6.07, 6.45) is 1.62. The number of hydrogen-bond acceptors (Lipinski definition) is 6. The molecule has 2 aliphatic rings. The first-order valence-corrected chi connectivity index (χ1v) is 11.8. The highest BCUT2D eigenvalue weighted by Gasteiger charge is 2.30. The lowest BCUT2D eigenvalue weighted by Gasteiger charge is -2.28. The van der Waals surface area contributed by atoms with Gasteiger partial charge in [-0.25, -0.2) is 0 Å². The minimum Gasteiger partial charge on any atom is -0.378 e. The van der Waals surface area contributed by atoms with Gasteiger partial charge in [-0.3, -0.25) is 19.4 Å². The number of aliphatic imine (C=N–C) groups is 1. The van der Waals surface area contributed by atoms with Crippen LogP contribution < -0.4 is 15.5 Å². The van der Waals surface area contributed by atoms with Crippen molar-refractivity contribution < 1.29 is 19.1 Å². The number of fused-ring (bicyclic) bond motifs is 1. The van der Waals surface area contributed by atoms with Crippen molar-refractivity contribution in [3.63, 3.8) is 0 Å². The van der Waals surface area contributed by atoms with Crippen molar-refractivity contribution in [1.29, 1.82) is 0 Å². The zero-order valence-corrected chi connectivity index (χ0v) is 19.9. The van der Waals surface area contributed by atoms with Gasteiger partial charge >= 0.3 is 0 Å². The van der Waals surface area contributed by atoms with Crippen LogP contribution in [0.5, 0.6) is 0 Å². The number of nitrogens with one attached hydrogen (secondary N) is 2. The Balaban J connectivity index is 1.34. The SMILES string of the molecule is CC(=O)Nc1cccc(C(=O)c2ccc3c(c2)C(C=Nc2ccc(N4CCOCC4)cc2)C(=O)N3)c1. The molecular formula is C28H26N4O4. The lowest BCUT2D eigenvalue weighted by Crippen LogP contribution is -2.36. The largest absolute Gasteiger partial charge is 0.378 e. The summed E-state index contributed by atoms with van der Waals surface area (Å²) in [5, 5.41) is 5.55. The molecule has 182 valence electrons. The number of ether oxygens (including phenoxy) is 1. The number of benzene rings is 3. The number of hydrogen-bond donors (Lipinski definition) is 2. The zero-order valence-electron chi connectivity index (χ0n) is 19.9. The number of anilines is 3. The van der Waals surface area contributed by atoms with Crippen LogP contribution in [-0.2, 0) is 14.3 Å². The predicted molar refractivity (Wildman–Crippen MR) is 140 cm³/mol. The normalized spacial score (nSPS) is 17.1. The van der Waals surface area contributed by atoms with Gasteiger partial charge in [0.05, 0.1) is 18.9 Å². The standard InChI is InChI=1S/C28H26N4O4/c1-18(33)30-22-4-2-3-19(15-22)27(34)20-5-10-26-24(16-20)25(28(35)31-26)17-29-21-6-8-23(9-7-21)32-11-13-36-14-12-32/h2-10,15-17,25H,11-14H2,1H3,(H,30,33)(H,31,35). The summed E-state index contributed by atoms with van der Waals surface area (Å²) in [5.74, 6) is -1.19. The highest BCUT2D eigenvalue weighted by Crippen LogP contribution is 2.33. The number of rotatable bonds is 6. The molecule has 1 unspecified atom stereocenters. The van der Waals surface area contributed by atoms with Gasteiger partial charge in [-0.05, 0) is 60.2 Å². The van der Waals surface area contributed by atoms with E-state index in [2.05, 4.69) is 20.5 Å². The van der Waals surface area contributed by atoms with Gasteiger partial charge in [-0.15, -0.1) is 0 Å². The van der Waals surface area contributed by atoms with Crippen LogP contribution in [-0.4, -0.2) is 50.1 Å². The van der Waals surface area contributed by atoms with E-state index in [1.165, 1.54) is 6.92 Å². The molecule has 1 saturated heterocycles. The maximum Gasteiger partial charge on any atom is 0.237 e. The number of morpholine rings is 1. The quantitative estimate of drug-likeness (QED) is 0.406. The summed E-state index contributed by atoms with van der Waals surface area (Å²) < 4.78 is 5.41. The fourth-order valence-corrected chi connectivity index (χ4v) is 4.41. The van der Waals surface area contributed by atoms with Crippen LogP contribution in [0.3, 0.4) is 0 Å². The van der Waals surface area contributed by atoms with E-state index < -0.39 is 5.92 Å². The van der Waals surface area contributed by atoms with Crippen LogP contribution >= 0.6 is 0 Å². The van der Waals surface area contributed by atoms with E-state index in [1.807, 2.05) is 24.3 Å². The highest BCUT2D eigenvalue weighted by atomic mass is 16.5. The second kappa shape index (κ2) is 10.1. The number of amides is 2. The van der Waals surface area contributed by atoms with E-state index in [9.17, 15) is 14.4 Å². The fraction of sp³-hybridized carbons (Fsp3) is 0.214. The Morgan fingerprint density at radius 1 is 1.03 bits per heavy atom. The molecule has 8 nitrogen and oxygen atoms in total. The second-order valence-electron chi connectivity index (χ2n) is 8.75. The number of carbonyl (C=O) groups is 3. The third kappa shape index (κ3) is 5.04. The van der Waals surface area contributed by atoms with E-state index >= 15 is 0 Å². The first-order valence-electron chi connectivity index (χ1n) is 11.8. The van der Waals surface area contributed by atoms with Crippen molar-refractivity contribution >= 4 is 46.6 Å². The molecule has 0 bridgehead atoms. The maximum absolute atomic E-state index is 13.2. The molecule has 2 heterocycles. The van der Waals surface area contributed by atoms with Crippen molar-refractivity contribution in [2.45, 2.75) is 12.8 Å². The Kier molecular flexibility index (Phi) is 6.60. The van der Waals surface area contributed by atoms with E-state index in [-0.39, 0.29) is 17.6 Å². The number of nitrogens with zero attached hydrogens (tertiary/aromatic N) is 2. The summed E-state index contributed by atoms with van der Waals surface area (Å²) in [6.45, 7) is 4.59. The molecule has 0 spiro atoms. The number of ketones is 1. The lowest BCUT2D eigenvalue weighted by atomic mass is 9.96. The molecule has 8 heteroatoms. The van der Waals surface area contributed by atoms with Crippen LogP contribution in [0.1, 0.15) is 34.3 Å². The summed E-state index contributed by atoms with van der Waals surface area (Å²) in [7, 11) is 0. The first-order chi connectivity index (χ1) is 17.5. The summed E-state index contributed by atoms with van der Waals surface area (Å²) >= 11 is 0. The summed E-state index contributed by atoms with van der Waals surface area (Å²) in [6, 6.07) is 19.8. The average Bonchev–Trinajstić information content (AvgIpc) is 3.21. The van der Waals surface area contributed by atoms with Crippen molar-refractivity contribution in [2.24, 2.45) is 4.99 Å². The third-order valence-corrected chi connectivity index (χ3v) is 6.23. The molecule has 0 aliphatic carbocycles. The smallest absolute Gasteiger partial charge is 0.237 e. The maximum atomic E-state index is 13.2. The van der Waals surface area contributed by atoms with Crippen molar-refractivity contribution in [3.8, 4) is 0 Å². The van der Waals surface area contributed by atoms with Gasteiger partial charge in [0, 0.05) is 54.4 Å². The summed E-state index contributed by atoms with van der Waals surface area (Å²) in [5.41, 5.74) is 4.70. The van der Waals surface area contributed by atoms with Gasteiger partial charge in [-0.1, -0.05) is 12.1 Å². The molecular weight excluding hydrogens is 456 g/mol. The van der Waals surface area contributed by atoms with Crippen LogP contribution in [0.25, 0.3) is 0 Å². The molecule has 2 N–H and O–H groups in total. The van der Waals surface area contributed by atoms with Gasteiger partial charge in [0.1, 0.15) is 5.92 Å². The molecule has 3 aromatic rings. The molecule has 2 aliphatic heterocycles. The van der Waals surface area contributed by atoms with Crippen molar-refractivity contribution in [3.05, 3.63) is 83.4 Å². The predicted octanol–water partition coefficient (Wildman–Crippen LogP) is 4.15. The third-order valence-electron chi connectivity index (χ3n) is 6.23. The van der Waals surface area contributed by atoms with E-state index in [1.54, 1.807) is 48.7 Å². The van der Waals surface area contributed by atoms with Gasteiger partial charge in [0.2, 0.25) is 11.8 Å². The Labute approximate surface area is 209 Å². The lowest BCUT2D eigenvalue weighted by molar-refractivity contribution is -0.116. The Hall–Kier alpha value is -4.30. The van der Waals surface area contributed by atoms with E-state index in [0.29, 0.717) is 28.1 Å². The molecule has 1 fully saturated rings. The summed E-state index contributed by atoms with van der Waals surface area (Å²) in [4.78, 5) is 44.0. The first kappa shape index (κ1) is 23.4. The van der Waals surface area contributed by atoms with Crippen molar-refractivity contribution in [1.82, 2.24) is 0 Å². The van der Waals surface area contributed by atoms with Gasteiger partial charge in [0.25, 0.3) is 0 Å². The van der Waals surface area contributed by atoms with Gasteiger partial charge in [-0.2, -0.15) is 0 Å². The zero-order chi connectivity index (χ0) is 25.1. The highest BCUT2D eigenvalue weighted by molar-refractivity contribution is 6.15. The van der Waals surface area contributed by atoms with E-state index in [4.69, 9.17) is 4.74 Å². The van der Waals surface area contributed by atoms with Crippen molar-refractivity contribution in [2.75, 3.05) is 41.8 Å². The second-order valence-corrected chi connectivity index (χ2v) is 8.75. The van der Waals surface area contributed by atoms with E-state index in [0.717, 1.165) is 37.7 Å². The van der Waals surface area contributed by atoms with Crippen LogP contribution in [0.15, 0.2) is 71.7 Å². The molecule has 0 radical (unpaired) electrons. The van der Waals surface area contributed by atoms with Crippen LogP contribution in [0.2, 0.25) is 0 Å². The Morgan fingerprint density at radius 3 is 2.53 bits per heavy atom. The topological polar surface area (TPSA) is 100 Å². The molecule has 0 saturated carbocycles. The fourth-order valence-electron chi connectivity index (χ4n) is 4.41. The van der Waals surface area contributed by atoms with Gasteiger partial charge < -0.3 is 20.3 Å². The molecule has 2 amide bonds. The van der Waals surface area contributed by atoms with Crippen LogP contribution in [0, 0.1) is 0 Å². The van der Waals surface area contributed by atoms with Gasteiger partial charge in [0.15, 0.2) is 5.78 Å². The molecule has 36 heavy (non-hydrogen) atoms. The minimum atomic E-state index is -0.600. The average molecular weight is 483 g/mol. The number of carbonyl (C=O) groups excluding carboxylic acids is 3. The molecule has 1 atom stereocenters. The Morgan fingerprint density at radius 2 is 1.78 bits per heavy atom.